The molecular weight excluding hydrogens is 234 g/mol. The molecule has 0 atom stereocenters. The Hall–Kier alpha value is -0.650. The van der Waals surface area contributed by atoms with Crippen LogP contribution in [0, 0.1) is 6.92 Å². The number of hydrogen-bond acceptors (Lipinski definition) is 4. The molecule has 1 saturated heterocycles. The van der Waals surface area contributed by atoms with Crippen LogP contribution < -0.4 is 5.32 Å². The van der Waals surface area contributed by atoms with Gasteiger partial charge in [0.1, 0.15) is 4.88 Å². The van der Waals surface area contributed by atoms with Gasteiger partial charge in [-0.2, -0.15) is 0 Å². The van der Waals surface area contributed by atoms with Gasteiger partial charge in [-0.25, -0.2) is 4.98 Å². The summed E-state index contributed by atoms with van der Waals surface area (Å²) in [6.45, 7) is 5.30. The van der Waals surface area contributed by atoms with E-state index in [4.69, 9.17) is 0 Å². The molecule has 4 nitrogen and oxygen atoms in total. The highest BCUT2D eigenvalue weighted by Crippen LogP contribution is 2.14. The number of rotatable bonds is 1. The van der Waals surface area contributed by atoms with Crippen molar-refractivity contribution < 1.29 is 4.79 Å². The first-order valence-electron chi connectivity index (χ1n) is 4.70. The van der Waals surface area contributed by atoms with Crippen molar-refractivity contribution in [2.24, 2.45) is 0 Å². The van der Waals surface area contributed by atoms with Gasteiger partial charge in [0.25, 0.3) is 5.91 Å². The third-order valence-electron chi connectivity index (χ3n) is 2.24. The number of thiazole rings is 1. The maximum Gasteiger partial charge on any atom is 0.265 e. The lowest BCUT2D eigenvalue weighted by Crippen LogP contribution is -2.46. The zero-order chi connectivity index (χ0) is 9.97. The second-order valence-electron chi connectivity index (χ2n) is 3.29. The first-order chi connectivity index (χ1) is 6.77. The van der Waals surface area contributed by atoms with Crippen molar-refractivity contribution in [3.8, 4) is 0 Å². The van der Waals surface area contributed by atoms with Crippen molar-refractivity contribution in [3.63, 3.8) is 0 Å². The average Bonchev–Trinajstić information content (AvgIpc) is 2.65. The number of aromatic nitrogens is 1. The van der Waals surface area contributed by atoms with E-state index in [1.165, 1.54) is 11.3 Å². The molecule has 84 valence electrons. The minimum atomic E-state index is 0. The fourth-order valence-corrected chi connectivity index (χ4v) is 2.23. The minimum Gasteiger partial charge on any atom is -0.335 e. The normalized spacial score (nSPS) is 15.9. The van der Waals surface area contributed by atoms with Crippen LogP contribution in [-0.2, 0) is 0 Å². The number of hydrogen-bond donors (Lipinski definition) is 1. The van der Waals surface area contributed by atoms with Gasteiger partial charge in [-0.1, -0.05) is 0 Å². The van der Waals surface area contributed by atoms with Crippen LogP contribution in [0.15, 0.2) is 6.20 Å². The molecule has 1 N–H and O–H groups in total. The number of nitrogens with zero attached hydrogens (tertiary/aromatic N) is 2. The van der Waals surface area contributed by atoms with Crippen LogP contribution in [0.1, 0.15) is 14.7 Å². The summed E-state index contributed by atoms with van der Waals surface area (Å²) in [6, 6.07) is 0. The lowest BCUT2D eigenvalue weighted by atomic mass is 10.3. The number of piperazine rings is 1. The van der Waals surface area contributed by atoms with Crippen LogP contribution >= 0.6 is 23.7 Å². The van der Waals surface area contributed by atoms with Crippen LogP contribution in [-0.4, -0.2) is 42.0 Å². The van der Waals surface area contributed by atoms with Crippen molar-refractivity contribution in [3.05, 3.63) is 16.1 Å². The van der Waals surface area contributed by atoms with E-state index in [0.29, 0.717) is 0 Å². The Bertz CT molecular complexity index is 336. The number of aryl methyl sites for hydroxylation is 1. The molecule has 0 unspecified atom stereocenters. The summed E-state index contributed by atoms with van der Waals surface area (Å²) in [5.74, 6) is 0.122. The predicted octanol–water partition coefficient (Wildman–Crippen LogP) is 0.919. The monoisotopic (exact) mass is 247 g/mol. The SMILES string of the molecule is Cc1ncc(C(=O)N2CCNCC2)s1.Cl. The third kappa shape index (κ3) is 2.90. The van der Waals surface area contributed by atoms with Crippen molar-refractivity contribution in [2.45, 2.75) is 6.92 Å². The summed E-state index contributed by atoms with van der Waals surface area (Å²) in [5.41, 5.74) is 0. The van der Waals surface area contributed by atoms with Crippen molar-refractivity contribution in [1.82, 2.24) is 15.2 Å². The van der Waals surface area contributed by atoms with Crippen LogP contribution in [0.25, 0.3) is 0 Å². The standard InChI is InChI=1S/C9H13N3OS.ClH/c1-7-11-6-8(14-7)9(13)12-4-2-10-3-5-12;/h6,10H,2-5H2,1H3;1H. The highest BCUT2D eigenvalue weighted by atomic mass is 35.5. The van der Waals surface area contributed by atoms with Crippen LogP contribution in [0.5, 0.6) is 0 Å². The number of halogens is 1. The second kappa shape index (κ2) is 5.44. The predicted molar refractivity (Wildman–Crippen MR) is 62.9 cm³/mol. The highest BCUT2D eigenvalue weighted by molar-refractivity contribution is 7.13. The molecule has 0 saturated carbocycles. The van der Waals surface area contributed by atoms with Crippen molar-refractivity contribution in [2.75, 3.05) is 26.2 Å². The summed E-state index contributed by atoms with van der Waals surface area (Å²) in [5, 5.41) is 4.17. The van der Waals surface area contributed by atoms with E-state index in [0.717, 1.165) is 36.1 Å². The maximum atomic E-state index is 11.9. The molecule has 0 aliphatic carbocycles. The molecule has 1 aromatic heterocycles. The minimum absolute atomic E-state index is 0. The first-order valence-corrected chi connectivity index (χ1v) is 5.51. The molecule has 0 aromatic carbocycles. The summed E-state index contributed by atoms with van der Waals surface area (Å²) in [6.07, 6.45) is 1.67. The van der Waals surface area contributed by atoms with E-state index in [1.807, 2.05) is 11.8 Å². The molecule has 2 rings (SSSR count). The van der Waals surface area contributed by atoms with E-state index in [9.17, 15) is 4.79 Å². The Labute approximate surface area is 99.1 Å². The van der Waals surface area contributed by atoms with Crippen molar-refractivity contribution >= 4 is 29.7 Å². The fraction of sp³-hybridized carbons (Fsp3) is 0.556. The molecule has 6 heteroatoms. The summed E-state index contributed by atoms with van der Waals surface area (Å²) in [4.78, 5) is 18.6. The van der Waals surface area contributed by atoms with Crippen molar-refractivity contribution in [1.29, 1.82) is 0 Å². The topological polar surface area (TPSA) is 45.2 Å². The number of carbonyl (C=O) groups is 1. The zero-order valence-corrected chi connectivity index (χ0v) is 10.2. The van der Waals surface area contributed by atoms with E-state index in [2.05, 4.69) is 10.3 Å². The largest absolute Gasteiger partial charge is 0.335 e. The number of carbonyl (C=O) groups excluding carboxylic acids is 1. The Kier molecular flexibility index (Phi) is 4.50. The molecule has 1 aliphatic rings. The van der Waals surface area contributed by atoms with Gasteiger partial charge in [0, 0.05) is 26.2 Å². The number of amides is 1. The Balaban J connectivity index is 0.00000112. The molecule has 0 radical (unpaired) electrons. The zero-order valence-electron chi connectivity index (χ0n) is 8.52. The van der Waals surface area contributed by atoms with Gasteiger partial charge in [-0.05, 0) is 6.92 Å². The molecule has 1 amide bonds. The van der Waals surface area contributed by atoms with Gasteiger partial charge in [-0.15, -0.1) is 23.7 Å². The molecular formula is C9H14ClN3OS. The second-order valence-corrected chi connectivity index (χ2v) is 4.52. The lowest BCUT2D eigenvalue weighted by Gasteiger charge is -2.26. The van der Waals surface area contributed by atoms with E-state index >= 15 is 0 Å². The van der Waals surface area contributed by atoms with Crippen LogP contribution in [0.2, 0.25) is 0 Å². The smallest absolute Gasteiger partial charge is 0.265 e. The van der Waals surface area contributed by atoms with Crippen LogP contribution in [0.3, 0.4) is 0 Å². The van der Waals surface area contributed by atoms with Gasteiger partial charge in [0.05, 0.1) is 11.2 Å². The highest BCUT2D eigenvalue weighted by Gasteiger charge is 2.19. The van der Waals surface area contributed by atoms with Gasteiger partial charge in [-0.3, -0.25) is 4.79 Å². The first kappa shape index (κ1) is 12.4. The summed E-state index contributed by atoms with van der Waals surface area (Å²) >= 11 is 1.47. The number of nitrogens with one attached hydrogen (secondary N) is 1. The van der Waals surface area contributed by atoms with Gasteiger partial charge in [0.2, 0.25) is 0 Å². The molecule has 1 fully saturated rings. The molecule has 0 spiro atoms. The lowest BCUT2D eigenvalue weighted by molar-refractivity contribution is 0.0740. The van der Waals surface area contributed by atoms with Crippen LogP contribution in [0.4, 0.5) is 0 Å². The van der Waals surface area contributed by atoms with Gasteiger partial charge >= 0.3 is 0 Å². The molecule has 2 heterocycles. The quantitative estimate of drug-likeness (QED) is 0.803. The molecule has 1 aliphatic heterocycles. The molecule has 0 bridgehead atoms. The maximum absolute atomic E-state index is 11.9. The van der Waals surface area contributed by atoms with Gasteiger partial charge < -0.3 is 10.2 Å². The average molecular weight is 248 g/mol. The Morgan fingerprint density at radius 1 is 1.53 bits per heavy atom. The van der Waals surface area contributed by atoms with Gasteiger partial charge in [0.15, 0.2) is 0 Å². The molecule has 1 aromatic rings. The fourth-order valence-electron chi connectivity index (χ4n) is 1.48. The Morgan fingerprint density at radius 2 is 2.20 bits per heavy atom. The third-order valence-corrected chi connectivity index (χ3v) is 3.14. The Morgan fingerprint density at radius 3 is 2.73 bits per heavy atom. The van der Waals surface area contributed by atoms with E-state index in [1.54, 1.807) is 6.20 Å². The van der Waals surface area contributed by atoms with E-state index < -0.39 is 0 Å². The van der Waals surface area contributed by atoms with E-state index in [-0.39, 0.29) is 18.3 Å². The summed E-state index contributed by atoms with van der Waals surface area (Å²) < 4.78 is 0. The summed E-state index contributed by atoms with van der Waals surface area (Å²) in [7, 11) is 0. The molecule has 15 heavy (non-hydrogen) atoms.